The highest BCUT2D eigenvalue weighted by atomic mass is 79.9. The number of aromatic nitrogens is 2. The molecular formula is C8H5BrClN5OS. The van der Waals surface area contributed by atoms with Crippen LogP contribution in [0, 0.1) is 0 Å². The van der Waals surface area contributed by atoms with E-state index in [1.807, 2.05) is 0 Å². The highest BCUT2D eigenvalue weighted by Crippen LogP contribution is 2.25. The van der Waals surface area contributed by atoms with Crippen molar-refractivity contribution in [2.24, 2.45) is 5.11 Å². The molecule has 1 unspecified atom stereocenters. The van der Waals surface area contributed by atoms with Crippen LogP contribution in [-0.4, -0.2) is 9.38 Å². The topological polar surface area (TPSA) is 83.1 Å². The van der Waals surface area contributed by atoms with Gasteiger partial charge in [-0.1, -0.05) is 23.6 Å². The van der Waals surface area contributed by atoms with Gasteiger partial charge in [0.25, 0.3) is 5.56 Å². The van der Waals surface area contributed by atoms with Crippen molar-refractivity contribution in [3.8, 4) is 0 Å². The van der Waals surface area contributed by atoms with Crippen LogP contribution < -0.4 is 5.56 Å². The molecule has 2 rings (SSSR count). The lowest BCUT2D eigenvalue weighted by Gasteiger charge is -2.06. The zero-order valence-electron chi connectivity index (χ0n) is 8.46. The first-order valence-corrected chi connectivity index (χ1v) is 6.50. The molecule has 2 heterocycles. The van der Waals surface area contributed by atoms with Crippen LogP contribution in [0.25, 0.3) is 15.4 Å². The number of hydrogen-bond acceptors (Lipinski definition) is 4. The molecule has 0 saturated carbocycles. The molecule has 0 saturated heterocycles. The highest BCUT2D eigenvalue weighted by molar-refractivity contribution is 9.10. The standard InChI is InChI=1S/C8H5BrClN5OS/c1-3(13-14-11)6-5(9)7(16)15-4(10)2-17-8(15)12-6/h2-3H,1H3. The molecule has 88 valence electrons. The third kappa shape index (κ3) is 2.04. The molecule has 0 aliphatic rings. The van der Waals surface area contributed by atoms with Crippen LogP contribution in [0.2, 0.25) is 5.15 Å². The van der Waals surface area contributed by atoms with E-state index in [1.165, 1.54) is 15.7 Å². The Hall–Kier alpha value is -1.08. The van der Waals surface area contributed by atoms with Gasteiger partial charge in [-0.3, -0.25) is 4.79 Å². The van der Waals surface area contributed by atoms with Gasteiger partial charge in [0, 0.05) is 10.3 Å². The molecule has 9 heteroatoms. The Morgan fingerprint density at radius 2 is 2.47 bits per heavy atom. The van der Waals surface area contributed by atoms with Gasteiger partial charge in [-0.15, -0.1) is 11.3 Å². The van der Waals surface area contributed by atoms with Gasteiger partial charge in [-0.05, 0) is 21.5 Å². The van der Waals surface area contributed by atoms with Crippen molar-refractivity contribution in [3.05, 3.63) is 41.5 Å². The molecule has 0 aliphatic carbocycles. The summed E-state index contributed by atoms with van der Waals surface area (Å²) in [4.78, 5) is 19.4. The Labute approximate surface area is 113 Å². The van der Waals surface area contributed by atoms with Gasteiger partial charge in [0.15, 0.2) is 4.96 Å². The van der Waals surface area contributed by atoms with Crippen molar-refractivity contribution in [3.63, 3.8) is 0 Å². The normalized spacial score (nSPS) is 12.4. The largest absolute Gasteiger partial charge is 0.274 e. The first-order valence-electron chi connectivity index (χ1n) is 4.45. The molecule has 2 aromatic rings. The summed E-state index contributed by atoms with van der Waals surface area (Å²) in [5, 5.41) is 5.46. The number of thiazole rings is 1. The lowest BCUT2D eigenvalue weighted by molar-refractivity contribution is 0.761. The lowest BCUT2D eigenvalue weighted by Crippen LogP contribution is -2.17. The van der Waals surface area contributed by atoms with Crippen LogP contribution in [0.15, 0.2) is 19.8 Å². The van der Waals surface area contributed by atoms with Gasteiger partial charge in [0.2, 0.25) is 0 Å². The SMILES string of the molecule is CC(N=[N+]=[N-])c1nc2scc(Cl)n2c(=O)c1Br. The first-order chi connectivity index (χ1) is 8.06. The molecule has 0 fully saturated rings. The Morgan fingerprint density at radius 3 is 3.12 bits per heavy atom. The van der Waals surface area contributed by atoms with Crippen LogP contribution in [0.5, 0.6) is 0 Å². The van der Waals surface area contributed by atoms with Crippen molar-refractivity contribution in [2.75, 3.05) is 0 Å². The van der Waals surface area contributed by atoms with E-state index < -0.39 is 6.04 Å². The van der Waals surface area contributed by atoms with E-state index in [4.69, 9.17) is 17.1 Å². The van der Waals surface area contributed by atoms with Crippen molar-refractivity contribution < 1.29 is 0 Å². The maximum absolute atomic E-state index is 12.0. The fraction of sp³-hybridized carbons (Fsp3) is 0.250. The average Bonchev–Trinajstić information content (AvgIpc) is 2.65. The van der Waals surface area contributed by atoms with Crippen LogP contribution >= 0.6 is 38.9 Å². The van der Waals surface area contributed by atoms with E-state index in [9.17, 15) is 4.79 Å². The second-order valence-electron chi connectivity index (χ2n) is 3.17. The minimum atomic E-state index is -0.520. The van der Waals surface area contributed by atoms with Gasteiger partial charge < -0.3 is 0 Å². The van der Waals surface area contributed by atoms with Gasteiger partial charge in [-0.25, -0.2) is 9.38 Å². The highest BCUT2D eigenvalue weighted by Gasteiger charge is 2.17. The van der Waals surface area contributed by atoms with Crippen LogP contribution in [0.3, 0.4) is 0 Å². The molecule has 17 heavy (non-hydrogen) atoms. The van der Waals surface area contributed by atoms with E-state index in [2.05, 4.69) is 30.9 Å². The minimum Gasteiger partial charge on any atom is -0.268 e. The number of hydrogen-bond donors (Lipinski definition) is 0. The first kappa shape index (κ1) is 12.4. The van der Waals surface area contributed by atoms with Gasteiger partial charge >= 0.3 is 0 Å². The molecule has 0 amide bonds. The third-order valence-electron chi connectivity index (χ3n) is 2.12. The summed E-state index contributed by atoms with van der Waals surface area (Å²) in [6, 6.07) is -0.520. The monoisotopic (exact) mass is 333 g/mol. The second-order valence-corrected chi connectivity index (χ2v) is 5.19. The van der Waals surface area contributed by atoms with Crippen LogP contribution in [0.1, 0.15) is 18.7 Å². The molecule has 2 aromatic heterocycles. The quantitative estimate of drug-likeness (QED) is 0.478. The summed E-state index contributed by atoms with van der Waals surface area (Å²) < 4.78 is 1.55. The van der Waals surface area contributed by atoms with Crippen LogP contribution in [-0.2, 0) is 0 Å². The Bertz CT molecular complexity index is 689. The van der Waals surface area contributed by atoms with Gasteiger partial charge in [0.1, 0.15) is 9.63 Å². The number of nitrogens with zero attached hydrogens (tertiary/aromatic N) is 5. The van der Waals surface area contributed by atoms with E-state index >= 15 is 0 Å². The maximum atomic E-state index is 12.0. The smallest absolute Gasteiger partial charge is 0.268 e. The number of azide groups is 1. The molecule has 0 aliphatic heterocycles. The fourth-order valence-electron chi connectivity index (χ4n) is 1.33. The summed E-state index contributed by atoms with van der Waals surface area (Å²) in [6.07, 6.45) is 0. The fourth-order valence-corrected chi connectivity index (χ4v) is 3.01. The van der Waals surface area contributed by atoms with Gasteiger partial charge in [-0.2, -0.15) is 0 Å². The van der Waals surface area contributed by atoms with Crippen molar-refractivity contribution in [1.82, 2.24) is 9.38 Å². The molecule has 0 bridgehead atoms. The molecule has 0 aromatic carbocycles. The third-order valence-corrected chi connectivity index (χ3v) is 4.10. The molecule has 0 radical (unpaired) electrons. The molecule has 6 nitrogen and oxygen atoms in total. The van der Waals surface area contributed by atoms with E-state index in [1.54, 1.807) is 12.3 Å². The van der Waals surface area contributed by atoms with E-state index in [0.717, 1.165) is 0 Å². The zero-order valence-corrected chi connectivity index (χ0v) is 11.6. The maximum Gasteiger partial charge on any atom is 0.274 e. The number of fused-ring (bicyclic) bond motifs is 1. The van der Waals surface area contributed by atoms with Crippen molar-refractivity contribution >= 4 is 43.8 Å². The van der Waals surface area contributed by atoms with Gasteiger partial charge in [0.05, 0.1) is 11.7 Å². The Kier molecular flexibility index (Phi) is 3.39. The molecule has 0 spiro atoms. The van der Waals surface area contributed by atoms with Crippen molar-refractivity contribution in [2.45, 2.75) is 13.0 Å². The predicted molar refractivity (Wildman–Crippen MR) is 69.6 cm³/mol. The number of halogens is 2. The summed E-state index contributed by atoms with van der Waals surface area (Å²) >= 11 is 10.3. The average molecular weight is 335 g/mol. The summed E-state index contributed by atoms with van der Waals surface area (Å²) in [5.74, 6) is 0. The van der Waals surface area contributed by atoms with Crippen LogP contribution in [0.4, 0.5) is 0 Å². The summed E-state index contributed by atoms with van der Waals surface area (Å²) in [7, 11) is 0. The molecular weight excluding hydrogens is 330 g/mol. The summed E-state index contributed by atoms with van der Waals surface area (Å²) in [5.41, 5.74) is 8.49. The summed E-state index contributed by atoms with van der Waals surface area (Å²) in [6.45, 7) is 1.66. The molecule has 1 atom stereocenters. The van der Waals surface area contributed by atoms with E-state index in [-0.39, 0.29) is 10.0 Å². The molecule has 0 N–H and O–H groups in total. The Balaban J connectivity index is 2.79. The Morgan fingerprint density at radius 1 is 1.76 bits per heavy atom. The predicted octanol–water partition coefficient (Wildman–Crippen LogP) is 3.54. The number of rotatable bonds is 2. The second kappa shape index (κ2) is 4.66. The lowest BCUT2D eigenvalue weighted by atomic mass is 10.2. The zero-order chi connectivity index (χ0) is 12.6. The minimum absolute atomic E-state index is 0.259. The van der Waals surface area contributed by atoms with Crippen molar-refractivity contribution in [1.29, 1.82) is 0 Å². The van der Waals surface area contributed by atoms with E-state index in [0.29, 0.717) is 15.8 Å².